The molecule has 4 rings (SSSR count). The maximum atomic E-state index is 12.3. The second kappa shape index (κ2) is 9.81. The largest absolute Gasteiger partial charge is 0.465 e. The summed E-state index contributed by atoms with van der Waals surface area (Å²) in [6.45, 7) is 12.1. The molecule has 4 heterocycles. The predicted octanol–water partition coefficient (Wildman–Crippen LogP) is 2.14. The van der Waals surface area contributed by atoms with Gasteiger partial charge in [-0.25, -0.2) is 0 Å². The van der Waals surface area contributed by atoms with E-state index in [4.69, 9.17) is 14.7 Å². The third-order valence-corrected chi connectivity index (χ3v) is 6.53. The summed E-state index contributed by atoms with van der Waals surface area (Å²) in [4.78, 5) is 31.5. The van der Waals surface area contributed by atoms with E-state index >= 15 is 0 Å². The molecule has 3 saturated heterocycles. The minimum Gasteiger partial charge on any atom is -0.465 e. The third-order valence-electron chi connectivity index (χ3n) is 6.53. The van der Waals surface area contributed by atoms with Gasteiger partial charge >= 0.3 is 5.97 Å². The normalized spacial score (nSPS) is 21.3. The van der Waals surface area contributed by atoms with E-state index in [1.54, 1.807) is 0 Å². The predicted molar refractivity (Wildman–Crippen MR) is 119 cm³/mol. The van der Waals surface area contributed by atoms with Crippen molar-refractivity contribution in [2.75, 3.05) is 73.7 Å². The number of esters is 1. The third kappa shape index (κ3) is 4.63. The Morgan fingerprint density at radius 1 is 0.867 bits per heavy atom. The van der Waals surface area contributed by atoms with E-state index in [0.717, 1.165) is 76.4 Å². The highest BCUT2D eigenvalue weighted by atomic mass is 16.5. The highest BCUT2D eigenvalue weighted by Crippen LogP contribution is 2.28. The number of hydrogen-bond acceptors (Lipinski definition) is 8. The summed E-state index contributed by atoms with van der Waals surface area (Å²) in [5.74, 6) is 2.88. The molecule has 8 heteroatoms. The molecule has 8 nitrogen and oxygen atoms in total. The minimum absolute atomic E-state index is 0.0943. The number of carbonyl (C=O) groups excluding carboxylic acids is 1. The summed E-state index contributed by atoms with van der Waals surface area (Å²) in [7, 11) is 0. The van der Waals surface area contributed by atoms with Gasteiger partial charge in [-0.05, 0) is 39.0 Å². The number of nitrogens with zero attached hydrogens (tertiary/aromatic N) is 6. The van der Waals surface area contributed by atoms with Crippen molar-refractivity contribution >= 4 is 23.6 Å². The second-order valence-corrected chi connectivity index (χ2v) is 8.47. The van der Waals surface area contributed by atoms with Crippen LogP contribution in [0.5, 0.6) is 0 Å². The van der Waals surface area contributed by atoms with Crippen molar-refractivity contribution < 1.29 is 9.53 Å². The summed E-state index contributed by atoms with van der Waals surface area (Å²) in [5, 5.41) is 0. The average molecular weight is 417 g/mol. The van der Waals surface area contributed by atoms with Gasteiger partial charge in [-0.1, -0.05) is 6.92 Å². The summed E-state index contributed by atoms with van der Waals surface area (Å²) in [6, 6.07) is 2.03. The van der Waals surface area contributed by atoms with Gasteiger partial charge in [-0.15, -0.1) is 0 Å². The van der Waals surface area contributed by atoms with Gasteiger partial charge in [-0.3, -0.25) is 9.69 Å². The van der Waals surface area contributed by atoms with Crippen LogP contribution in [0.3, 0.4) is 0 Å². The lowest BCUT2D eigenvalue weighted by Gasteiger charge is -2.38. The van der Waals surface area contributed by atoms with Crippen molar-refractivity contribution in [3.63, 3.8) is 0 Å². The summed E-state index contributed by atoms with van der Waals surface area (Å²) < 4.78 is 5.28. The number of rotatable bonds is 7. The monoisotopic (exact) mass is 416 g/mol. The molecule has 0 radical (unpaired) electrons. The van der Waals surface area contributed by atoms with Gasteiger partial charge in [0.2, 0.25) is 5.95 Å². The molecular formula is C22H36N6O2. The molecule has 1 atom stereocenters. The maximum absolute atomic E-state index is 12.3. The van der Waals surface area contributed by atoms with E-state index < -0.39 is 0 Å². The highest BCUT2D eigenvalue weighted by molar-refractivity contribution is 5.75. The molecule has 0 spiro atoms. The van der Waals surface area contributed by atoms with Crippen LogP contribution in [0.15, 0.2) is 6.07 Å². The van der Waals surface area contributed by atoms with Crippen molar-refractivity contribution in [1.29, 1.82) is 0 Å². The van der Waals surface area contributed by atoms with Crippen molar-refractivity contribution in [2.45, 2.75) is 52.0 Å². The van der Waals surface area contributed by atoms with Crippen LogP contribution in [-0.4, -0.2) is 85.8 Å². The van der Waals surface area contributed by atoms with Crippen LogP contribution in [0.1, 0.15) is 46.0 Å². The zero-order chi connectivity index (χ0) is 20.9. The first kappa shape index (κ1) is 21.2. The van der Waals surface area contributed by atoms with E-state index in [2.05, 4.69) is 32.6 Å². The van der Waals surface area contributed by atoms with Crippen LogP contribution >= 0.6 is 0 Å². The standard InChI is InChI=1S/C22H36N6O2/c1-3-18(21(29)30-4-2)25-13-15-27(16-14-25)20-17-19(26-9-5-6-10-26)23-22(24-20)28-11-7-8-12-28/h17-18H,3-16H2,1-2H3. The van der Waals surface area contributed by atoms with Crippen molar-refractivity contribution in [2.24, 2.45) is 0 Å². The van der Waals surface area contributed by atoms with Crippen LogP contribution in [0.25, 0.3) is 0 Å². The van der Waals surface area contributed by atoms with Gasteiger partial charge in [0, 0.05) is 58.4 Å². The number of ether oxygens (including phenoxy) is 1. The fourth-order valence-corrected chi connectivity index (χ4v) is 4.81. The molecule has 0 N–H and O–H groups in total. The van der Waals surface area contributed by atoms with E-state index in [-0.39, 0.29) is 12.0 Å². The van der Waals surface area contributed by atoms with Crippen LogP contribution in [0.2, 0.25) is 0 Å². The van der Waals surface area contributed by atoms with Gasteiger partial charge < -0.3 is 19.4 Å². The molecule has 30 heavy (non-hydrogen) atoms. The van der Waals surface area contributed by atoms with Crippen LogP contribution in [0.4, 0.5) is 17.6 Å². The van der Waals surface area contributed by atoms with Gasteiger partial charge in [0.15, 0.2) is 0 Å². The first-order valence-corrected chi connectivity index (χ1v) is 11.7. The second-order valence-electron chi connectivity index (χ2n) is 8.47. The number of anilines is 3. The Hall–Kier alpha value is -2.09. The summed E-state index contributed by atoms with van der Waals surface area (Å²) in [6.07, 6.45) is 5.70. The Bertz CT molecular complexity index is 675. The van der Waals surface area contributed by atoms with Crippen molar-refractivity contribution in [3.05, 3.63) is 6.07 Å². The molecule has 0 saturated carbocycles. The summed E-state index contributed by atoms with van der Waals surface area (Å²) in [5.41, 5.74) is 0. The topological polar surface area (TPSA) is 65.0 Å². The molecule has 166 valence electrons. The Morgan fingerprint density at radius 3 is 1.93 bits per heavy atom. The summed E-state index contributed by atoms with van der Waals surface area (Å²) >= 11 is 0. The highest BCUT2D eigenvalue weighted by Gasteiger charge is 2.30. The first-order chi connectivity index (χ1) is 14.7. The van der Waals surface area contributed by atoms with Crippen LogP contribution in [-0.2, 0) is 9.53 Å². The van der Waals surface area contributed by atoms with Crippen LogP contribution in [0, 0.1) is 0 Å². The molecule has 0 amide bonds. The number of piperazine rings is 1. The lowest BCUT2D eigenvalue weighted by molar-refractivity contribution is -0.149. The van der Waals surface area contributed by atoms with E-state index in [1.807, 2.05) is 6.92 Å². The lowest BCUT2D eigenvalue weighted by Crippen LogP contribution is -2.53. The smallest absolute Gasteiger partial charge is 0.323 e. The molecule has 0 aromatic carbocycles. The Morgan fingerprint density at radius 2 is 1.40 bits per heavy atom. The molecule has 1 aromatic heterocycles. The number of carbonyl (C=O) groups is 1. The molecular weight excluding hydrogens is 380 g/mol. The fraction of sp³-hybridized carbons (Fsp3) is 0.773. The van der Waals surface area contributed by atoms with Gasteiger partial charge in [-0.2, -0.15) is 9.97 Å². The molecule has 1 unspecified atom stereocenters. The van der Waals surface area contributed by atoms with Crippen molar-refractivity contribution in [3.8, 4) is 0 Å². The molecule has 0 aliphatic carbocycles. The molecule has 3 aliphatic heterocycles. The van der Waals surface area contributed by atoms with Gasteiger partial charge in [0.1, 0.15) is 17.7 Å². The van der Waals surface area contributed by atoms with E-state index in [9.17, 15) is 4.79 Å². The molecule has 3 fully saturated rings. The zero-order valence-electron chi connectivity index (χ0n) is 18.6. The minimum atomic E-state index is -0.141. The molecule has 3 aliphatic rings. The van der Waals surface area contributed by atoms with Crippen molar-refractivity contribution in [1.82, 2.24) is 14.9 Å². The van der Waals surface area contributed by atoms with Gasteiger partial charge in [0.05, 0.1) is 6.61 Å². The Kier molecular flexibility index (Phi) is 6.92. The van der Waals surface area contributed by atoms with E-state index in [0.29, 0.717) is 6.61 Å². The fourth-order valence-electron chi connectivity index (χ4n) is 4.81. The van der Waals surface area contributed by atoms with Gasteiger partial charge in [0.25, 0.3) is 0 Å². The lowest BCUT2D eigenvalue weighted by atomic mass is 10.1. The quantitative estimate of drug-likeness (QED) is 0.627. The maximum Gasteiger partial charge on any atom is 0.323 e. The molecule has 1 aromatic rings. The SMILES string of the molecule is CCOC(=O)C(CC)N1CCN(c2cc(N3CCCC3)nc(N3CCCC3)n2)CC1. The Balaban J connectivity index is 1.48. The number of hydrogen-bond donors (Lipinski definition) is 0. The average Bonchev–Trinajstić information content (AvgIpc) is 3.49. The first-order valence-electron chi connectivity index (χ1n) is 11.7. The Labute approximate surface area is 180 Å². The zero-order valence-corrected chi connectivity index (χ0v) is 18.6. The number of aromatic nitrogens is 2. The van der Waals surface area contributed by atoms with Crippen LogP contribution < -0.4 is 14.7 Å². The molecule has 0 bridgehead atoms. The van der Waals surface area contributed by atoms with E-state index in [1.165, 1.54) is 25.7 Å².